The van der Waals surface area contributed by atoms with Gasteiger partial charge in [0.05, 0.1) is 34.0 Å². The second-order valence-electron chi connectivity index (χ2n) is 8.37. The number of esters is 1. The van der Waals surface area contributed by atoms with E-state index < -0.39 is 11.6 Å². The minimum atomic E-state index is -0.965. The van der Waals surface area contributed by atoms with E-state index in [1.54, 1.807) is 21.3 Å². The molecule has 0 fully saturated rings. The van der Waals surface area contributed by atoms with Crippen LogP contribution in [-0.2, 0) is 10.3 Å². The van der Waals surface area contributed by atoms with Crippen LogP contribution in [0.4, 0.5) is 0 Å². The van der Waals surface area contributed by atoms with Crippen molar-refractivity contribution < 1.29 is 28.5 Å². The summed E-state index contributed by atoms with van der Waals surface area (Å²) in [5, 5.41) is 1.66. The van der Waals surface area contributed by atoms with Crippen LogP contribution in [0.25, 0.3) is 16.8 Å². The number of hydrogen-bond acceptors (Lipinski definition) is 6. The van der Waals surface area contributed by atoms with Gasteiger partial charge in [-0.1, -0.05) is 24.3 Å². The summed E-state index contributed by atoms with van der Waals surface area (Å²) >= 11 is 0. The highest BCUT2D eigenvalue weighted by Gasteiger charge is 2.39. The zero-order valence-electron chi connectivity index (χ0n) is 20.5. The fourth-order valence-corrected chi connectivity index (χ4v) is 4.60. The van der Waals surface area contributed by atoms with Gasteiger partial charge in [0, 0.05) is 22.1 Å². The van der Waals surface area contributed by atoms with Crippen LogP contribution in [0, 0.1) is 0 Å². The van der Waals surface area contributed by atoms with Gasteiger partial charge in [-0.2, -0.15) is 0 Å². The molecule has 0 aromatic heterocycles. The van der Waals surface area contributed by atoms with Gasteiger partial charge in [-0.05, 0) is 66.1 Å². The van der Waals surface area contributed by atoms with Gasteiger partial charge < -0.3 is 23.7 Å². The van der Waals surface area contributed by atoms with Gasteiger partial charge in [-0.3, -0.25) is 0 Å². The van der Waals surface area contributed by atoms with E-state index in [0.717, 1.165) is 33.4 Å². The molecule has 0 saturated carbocycles. The minimum absolute atomic E-state index is 0.419. The summed E-state index contributed by atoms with van der Waals surface area (Å²) < 4.78 is 28.2. The molecule has 0 N–H and O–H groups in total. The van der Waals surface area contributed by atoms with Crippen LogP contribution >= 0.6 is 0 Å². The standard InChI is InChI=1S/C30H26O6/c1-32-22-9-5-20(6-10-22)30(21-7-11-23(33-2)12-8-21)16-15-26-27(29(31)35-4)18-19-17-24(34-3)13-14-25(19)28(26)36-30/h5-18H,1-4H3. The molecule has 1 aliphatic rings. The number of rotatable bonds is 6. The Kier molecular flexibility index (Phi) is 6.02. The van der Waals surface area contributed by atoms with Crippen LogP contribution in [0.5, 0.6) is 23.0 Å². The van der Waals surface area contributed by atoms with E-state index in [4.69, 9.17) is 23.7 Å². The topological polar surface area (TPSA) is 63.2 Å². The van der Waals surface area contributed by atoms with E-state index in [1.165, 1.54) is 7.11 Å². The second-order valence-corrected chi connectivity index (χ2v) is 8.37. The summed E-state index contributed by atoms with van der Waals surface area (Å²) in [6.45, 7) is 0. The van der Waals surface area contributed by atoms with E-state index in [9.17, 15) is 4.79 Å². The number of methoxy groups -OCH3 is 4. The number of hydrogen-bond donors (Lipinski definition) is 0. The summed E-state index contributed by atoms with van der Waals surface area (Å²) in [6.07, 6.45) is 3.91. The first-order chi connectivity index (χ1) is 17.5. The third-order valence-corrected chi connectivity index (χ3v) is 6.53. The molecule has 0 spiro atoms. The maximum absolute atomic E-state index is 12.8. The number of ether oxygens (including phenoxy) is 5. The van der Waals surface area contributed by atoms with Gasteiger partial charge in [-0.15, -0.1) is 0 Å². The molecule has 6 nitrogen and oxygen atoms in total. The molecule has 1 aliphatic heterocycles. The number of carbonyl (C=O) groups excluding carboxylic acids is 1. The average molecular weight is 483 g/mol. The van der Waals surface area contributed by atoms with Gasteiger partial charge in [0.2, 0.25) is 0 Å². The highest BCUT2D eigenvalue weighted by atomic mass is 16.5. The van der Waals surface area contributed by atoms with Crippen molar-refractivity contribution in [1.29, 1.82) is 0 Å². The maximum atomic E-state index is 12.8. The molecule has 1 heterocycles. The van der Waals surface area contributed by atoms with Gasteiger partial charge in [0.1, 0.15) is 23.0 Å². The Morgan fingerprint density at radius 2 is 1.28 bits per heavy atom. The highest BCUT2D eigenvalue weighted by Crippen LogP contribution is 2.47. The molecule has 0 bridgehead atoms. The lowest BCUT2D eigenvalue weighted by Gasteiger charge is -2.37. The molecule has 0 unspecified atom stereocenters. The quantitative estimate of drug-likeness (QED) is 0.314. The number of fused-ring (bicyclic) bond motifs is 3. The predicted molar refractivity (Wildman–Crippen MR) is 138 cm³/mol. The molecular formula is C30H26O6. The molecule has 0 amide bonds. The van der Waals surface area contributed by atoms with Crippen molar-refractivity contribution in [2.45, 2.75) is 5.60 Å². The lowest BCUT2D eigenvalue weighted by Crippen LogP contribution is -2.34. The maximum Gasteiger partial charge on any atom is 0.338 e. The van der Waals surface area contributed by atoms with Gasteiger partial charge in [-0.25, -0.2) is 4.79 Å². The van der Waals surface area contributed by atoms with Crippen LogP contribution in [-0.4, -0.2) is 34.4 Å². The monoisotopic (exact) mass is 482 g/mol. The van der Waals surface area contributed by atoms with E-state index >= 15 is 0 Å². The Balaban J connectivity index is 1.77. The molecule has 5 rings (SSSR count). The second kappa shape index (κ2) is 9.30. The zero-order valence-corrected chi connectivity index (χ0v) is 20.5. The van der Waals surface area contributed by atoms with Crippen molar-refractivity contribution in [3.05, 3.63) is 101 Å². The summed E-state index contributed by atoms with van der Waals surface area (Å²) in [5.74, 6) is 2.32. The van der Waals surface area contributed by atoms with Gasteiger partial charge in [0.15, 0.2) is 5.60 Å². The molecule has 4 aromatic rings. The van der Waals surface area contributed by atoms with E-state index in [-0.39, 0.29) is 0 Å². The third kappa shape index (κ3) is 3.81. The molecule has 4 aromatic carbocycles. The van der Waals surface area contributed by atoms with Crippen LogP contribution in [0.3, 0.4) is 0 Å². The van der Waals surface area contributed by atoms with Crippen molar-refractivity contribution in [3.63, 3.8) is 0 Å². The van der Waals surface area contributed by atoms with Gasteiger partial charge in [0.25, 0.3) is 0 Å². The Hall–Kier alpha value is -4.45. The molecule has 0 atom stereocenters. The Bertz CT molecular complexity index is 1400. The molecule has 0 radical (unpaired) electrons. The van der Waals surface area contributed by atoms with Crippen molar-refractivity contribution in [2.24, 2.45) is 0 Å². The fraction of sp³-hybridized carbons (Fsp3) is 0.167. The predicted octanol–water partition coefficient (Wildman–Crippen LogP) is 6.00. The highest BCUT2D eigenvalue weighted by molar-refractivity contribution is 6.04. The average Bonchev–Trinajstić information content (AvgIpc) is 2.95. The van der Waals surface area contributed by atoms with Crippen molar-refractivity contribution in [3.8, 4) is 23.0 Å². The molecule has 0 saturated heterocycles. The Labute approximate surface area is 209 Å². The van der Waals surface area contributed by atoms with E-state index in [2.05, 4.69) is 0 Å². The SMILES string of the molecule is COC(=O)c1cc2cc(OC)ccc2c2c1C=CC(c1ccc(OC)cc1)(c1ccc(OC)cc1)O2. The summed E-state index contributed by atoms with van der Waals surface area (Å²) in [5.41, 5.74) is 1.92. The van der Waals surface area contributed by atoms with Crippen LogP contribution < -0.4 is 18.9 Å². The third-order valence-electron chi connectivity index (χ3n) is 6.53. The van der Waals surface area contributed by atoms with E-state index in [1.807, 2.05) is 84.9 Å². The number of benzene rings is 4. The lowest BCUT2D eigenvalue weighted by atomic mass is 9.82. The summed E-state index contributed by atoms with van der Waals surface area (Å²) in [6, 6.07) is 23.1. The Morgan fingerprint density at radius 1 is 0.722 bits per heavy atom. The van der Waals surface area contributed by atoms with Crippen molar-refractivity contribution >= 4 is 22.8 Å². The van der Waals surface area contributed by atoms with E-state index in [0.29, 0.717) is 22.6 Å². The molecule has 6 heteroatoms. The largest absolute Gasteiger partial charge is 0.497 e. The molecule has 36 heavy (non-hydrogen) atoms. The van der Waals surface area contributed by atoms with Crippen molar-refractivity contribution in [2.75, 3.05) is 28.4 Å². The molecule has 0 aliphatic carbocycles. The van der Waals surface area contributed by atoms with Crippen molar-refractivity contribution in [1.82, 2.24) is 0 Å². The van der Waals surface area contributed by atoms with Crippen LogP contribution in [0.1, 0.15) is 27.0 Å². The Morgan fingerprint density at radius 3 is 1.81 bits per heavy atom. The first-order valence-corrected chi connectivity index (χ1v) is 11.4. The molecule has 182 valence electrons. The summed E-state index contributed by atoms with van der Waals surface area (Å²) in [7, 11) is 6.25. The normalized spacial score (nSPS) is 13.4. The summed E-state index contributed by atoms with van der Waals surface area (Å²) in [4.78, 5) is 12.8. The van der Waals surface area contributed by atoms with Gasteiger partial charge >= 0.3 is 5.97 Å². The molecular weight excluding hydrogens is 456 g/mol. The fourth-order valence-electron chi connectivity index (χ4n) is 4.60. The first kappa shape index (κ1) is 23.3. The minimum Gasteiger partial charge on any atom is -0.497 e. The van der Waals surface area contributed by atoms with Crippen LogP contribution in [0.2, 0.25) is 0 Å². The lowest BCUT2D eigenvalue weighted by molar-refractivity contribution is 0.0599. The zero-order chi connectivity index (χ0) is 25.3. The van der Waals surface area contributed by atoms with Crippen LogP contribution in [0.15, 0.2) is 78.9 Å². The smallest absolute Gasteiger partial charge is 0.338 e. The number of carbonyl (C=O) groups is 1. The first-order valence-electron chi connectivity index (χ1n) is 11.4.